The molecule has 0 spiro atoms. The topological polar surface area (TPSA) is 112 Å². The van der Waals surface area contributed by atoms with E-state index in [1.165, 1.54) is 0 Å². The fourth-order valence-electron chi connectivity index (χ4n) is 4.19. The Bertz CT molecular complexity index is 804. The predicted molar refractivity (Wildman–Crippen MR) is 122 cm³/mol. The standard InChI is InChI=1S/C24H35N3O5/c1-3-12-24(22(29)27-25-17-23(30)13-5-4-6-14-23)18(2)32-21(26-24)19-8-10-20(11-9-19)31-16-7-15-28/h3,8-11,18,25,28,30H,1,4-7,12-17H2,2H3,(H,27,29)/t18-,24-/m0/s1. The average molecular weight is 446 g/mol. The van der Waals surface area contributed by atoms with E-state index in [9.17, 15) is 9.90 Å². The lowest BCUT2D eigenvalue weighted by molar-refractivity contribution is -0.129. The normalized spacial score (nSPS) is 24.3. The largest absolute Gasteiger partial charge is 0.494 e. The Morgan fingerprint density at radius 3 is 2.69 bits per heavy atom. The summed E-state index contributed by atoms with van der Waals surface area (Å²) in [6.07, 6.45) is 6.66. The van der Waals surface area contributed by atoms with Crippen molar-refractivity contribution in [3.05, 3.63) is 42.5 Å². The molecule has 1 heterocycles. The highest BCUT2D eigenvalue weighted by molar-refractivity contribution is 6.00. The minimum atomic E-state index is -1.14. The smallest absolute Gasteiger partial charge is 0.266 e. The molecule has 0 radical (unpaired) electrons. The molecular weight excluding hydrogens is 410 g/mol. The fourth-order valence-corrected chi connectivity index (χ4v) is 4.19. The van der Waals surface area contributed by atoms with E-state index in [2.05, 4.69) is 22.4 Å². The van der Waals surface area contributed by atoms with Crippen LogP contribution in [-0.4, -0.2) is 59.0 Å². The van der Waals surface area contributed by atoms with E-state index in [-0.39, 0.29) is 12.5 Å². The molecule has 32 heavy (non-hydrogen) atoms. The van der Waals surface area contributed by atoms with Gasteiger partial charge in [-0.05, 0) is 44.0 Å². The highest BCUT2D eigenvalue weighted by Crippen LogP contribution is 2.33. The molecular formula is C24H35N3O5. The van der Waals surface area contributed by atoms with E-state index in [1.807, 2.05) is 31.2 Å². The second-order valence-corrected chi connectivity index (χ2v) is 8.64. The van der Waals surface area contributed by atoms with Crippen molar-refractivity contribution in [2.75, 3.05) is 19.8 Å². The molecule has 0 saturated heterocycles. The van der Waals surface area contributed by atoms with Crippen LogP contribution in [0.3, 0.4) is 0 Å². The Hall–Kier alpha value is -2.42. The molecule has 1 amide bonds. The monoisotopic (exact) mass is 445 g/mol. The lowest BCUT2D eigenvalue weighted by Gasteiger charge is -2.33. The third-order valence-electron chi connectivity index (χ3n) is 6.19. The van der Waals surface area contributed by atoms with Gasteiger partial charge in [0.15, 0.2) is 5.54 Å². The summed E-state index contributed by atoms with van der Waals surface area (Å²) in [5.41, 5.74) is 4.47. The molecule has 0 unspecified atom stereocenters. The first-order chi connectivity index (χ1) is 15.4. The minimum Gasteiger partial charge on any atom is -0.494 e. The summed E-state index contributed by atoms with van der Waals surface area (Å²) in [6.45, 7) is 6.44. The number of amides is 1. The van der Waals surface area contributed by atoms with Crippen LogP contribution in [0.25, 0.3) is 0 Å². The van der Waals surface area contributed by atoms with Gasteiger partial charge in [0.25, 0.3) is 5.91 Å². The van der Waals surface area contributed by atoms with E-state index in [0.29, 0.717) is 37.6 Å². The highest BCUT2D eigenvalue weighted by atomic mass is 16.5. The third-order valence-corrected chi connectivity index (χ3v) is 6.19. The van der Waals surface area contributed by atoms with Crippen molar-refractivity contribution in [2.24, 2.45) is 4.99 Å². The second-order valence-electron chi connectivity index (χ2n) is 8.64. The van der Waals surface area contributed by atoms with Crippen molar-refractivity contribution in [1.82, 2.24) is 10.9 Å². The van der Waals surface area contributed by atoms with E-state index in [4.69, 9.17) is 14.6 Å². The summed E-state index contributed by atoms with van der Waals surface area (Å²) in [4.78, 5) is 17.8. The molecule has 0 bridgehead atoms. The van der Waals surface area contributed by atoms with E-state index in [1.54, 1.807) is 6.08 Å². The first-order valence-electron chi connectivity index (χ1n) is 11.4. The molecule has 1 aliphatic carbocycles. The van der Waals surface area contributed by atoms with Crippen molar-refractivity contribution >= 4 is 11.8 Å². The Kier molecular flexibility index (Phi) is 8.28. The lowest BCUT2D eigenvalue weighted by Crippen LogP contribution is -2.57. The van der Waals surface area contributed by atoms with Crippen LogP contribution in [0, 0.1) is 0 Å². The van der Waals surface area contributed by atoms with Crippen LogP contribution in [0.5, 0.6) is 5.75 Å². The molecule has 0 aromatic heterocycles. The van der Waals surface area contributed by atoms with Crippen LogP contribution in [0.2, 0.25) is 0 Å². The summed E-state index contributed by atoms with van der Waals surface area (Å²) in [6, 6.07) is 7.28. The zero-order valence-corrected chi connectivity index (χ0v) is 18.8. The van der Waals surface area contributed by atoms with Gasteiger partial charge in [-0.1, -0.05) is 25.3 Å². The van der Waals surface area contributed by atoms with Crippen LogP contribution in [0.15, 0.2) is 41.9 Å². The number of rotatable bonds is 11. The molecule has 8 heteroatoms. The van der Waals surface area contributed by atoms with E-state index >= 15 is 0 Å². The summed E-state index contributed by atoms with van der Waals surface area (Å²) in [7, 11) is 0. The number of hydrogen-bond acceptors (Lipinski definition) is 7. The maximum absolute atomic E-state index is 13.2. The Balaban J connectivity index is 1.67. The van der Waals surface area contributed by atoms with Crippen molar-refractivity contribution < 1.29 is 24.5 Å². The second kappa shape index (κ2) is 10.9. The van der Waals surface area contributed by atoms with Crippen molar-refractivity contribution in [3.63, 3.8) is 0 Å². The van der Waals surface area contributed by atoms with Gasteiger partial charge < -0.3 is 19.7 Å². The van der Waals surface area contributed by atoms with Crippen LogP contribution < -0.4 is 15.6 Å². The van der Waals surface area contributed by atoms with Crippen LogP contribution in [0.1, 0.15) is 57.4 Å². The first-order valence-corrected chi connectivity index (χ1v) is 11.4. The number of hydrogen-bond donors (Lipinski definition) is 4. The van der Waals surface area contributed by atoms with Gasteiger partial charge in [0, 0.05) is 31.6 Å². The highest BCUT2D eigenvalue weighted by Gasteiger charge is 2.49. The Morgan fingerprint density at radius 2 is 2.03 bits per heavy atom. The van der Waals surface area contributed by atoms with Gasteiger partial charge in [0.05, 0.1) is 12.2 Å². The molecule has 1 aliphatic heterocycles. The van der Waals surface area contributed by atoms with Crippen molar-refractivity contribution in [3.8, 4) is 5.75 Å². The van der Waals surface area contributed by atoms with Crippen LogP contribution >= 0.6 is 0 Å². The van der Waals surface area contributed by atoms with Gasteiger partial charge in [-0.2, -0.15) is 0 Å². The molecule has 1 fully saturated rings. The zero-order chi connectivity index (χ0) is 23.0. The number of ether oxygens (including phenoxy) is 2. The van der Waals surface area contributed by atoms with Crippen molar-refractivity contribution in [2.45, 2.75) is 69.1 Å². The summed E-state index contributed by atoms with van der Waals surface area (Å²) >= 11 is 0. The maximum Gasteiger partial charge on any atom is 0.266 e. The van der Waals surface area contributed by atoms with Gasteiger partial charge in [-0.15, -0.1) is 6.58 Å². The molecule has 1 aromatic carbocycles. The van der Waals surface area contributed by atoms with E-state index < -0.39 is 17.2 Å². The van der Waals surface area contributed by atoms with Crippen LogP contribution in [0.4, 0.5) is 0 Å². The number of hydrazine groups is 1. The number of aliphatic imine (C=N–C) groups is 1. The Morgan fingerprint density at radius 1 is 1.31 bits per heavy atom. The Labute approximate surface area is 189 Å². The zero-order valence-electron chi connectivity index (χ0n) is 18.8. The maximum atomic E-state index is 13.2. The molecule has 1 saturated carbocycles. The third kappa shape index (κ3) is 5.68. The van der Waals surface area contributed by atoms with Gasteiger partial charge in [-0.3, -0.25) is 10.2 Å². The molecule has 3 rings (SSSR count). The molecule has 1 aromatic rings. The van der Waals surface area contributed by atoms with Crippen LogP contribution in [-0.2, 0) is 9.53 Å². The lowest BCUT2D eigenvalue weighted by atomic mass is 9.85. The van der Waals surface area contributed by atoms with E-state index in [0.717, 1.165) is 37.7 Å². The van der Waals surface area contributed by atoms with Gasteiger partial charge in [-0.25, -0.2) is 10.4 Å². The molecule has 176 valence electrons. The molecule has 2 atom stereocenters. The number of benzene rings is 1. The SMILES string of the molecule is C=CC[C@]1(C(=O)NNCC2(O)CCCCC2)N=C(c2ccc(OCCCO)cc2)O[C@H]1C. The molecule has 8 nitrogen and oxygen atoms in total. The molecule has 4 N–H and O–H groups in total. The van der Waals surface area contributed by atoms with Gasteiger partial charge >= 0.3 is 0 Å². The van der Waals surface area contributed by atoms with Gasteiger partial charge in [0.2, 0.25) is 5.90 Å². The number of nitrogens with one attached hydrogen (secondary N) is 2. The number of aliphatic hydroxyl groups excluding tert-OH is 1. The average Bonchev–Trinajstić information content (AvgIpc) is 3.12. The predicted octanol–water partition coefficient (Wildman–Crippen LogP) is 2.24. The van der Waals surface area contributed by atoms with Crippen molar-refractivity contribution in [1.29, 1.82) is 0 Å². The minimum absolute atomic E-state index is 0.0855. The number of carbonyl (C=O) groups excluding carboxylic acids is 1. The summed E-state index contributed by atoms with van der Waals surface area (Å²) in [5, 5.41) is 19.5. The fraction of sp³-hybridized carbons (Fsp3) is 0.583. The molecule has 2 aliphatic rings. The number of aliphatic hydroxyl groups is 2. The van der Waals surface area contributed by atoms with Gasteiger partial charge in [0.1, 0.15) is 11.9 Å². The quantitative estimate of drug-likeness (QED) is 0.236. The first kappa shape index (κ1) is 24.2. The summed E-state index contributed by atoms with van der Waals surface area (Å²) < 4.78 is 11.5. The number of nitrogens with zero attached hydrogens (tertiary/aromatic N) is 1. The number of carbonyl (C=O) groups is 1. The summed E-state index contributed by atoms with van der Waals surface area (Å²) in [5.74, 6) is 0.763.